The minimum Gasteiger partial charge on any atom is -0.462 e. The largest absolute Gasteiger partial charge is 0.472 e. The summed E-state index contributed by atoms with van der Waals surface area (Å²) < 4.78 is 48.2. The van der Waals surface area contributed by atoms with Crippen molar-refractivity contribution in [3.63, 3.8) is 0 Å². The molecule has 18 heteroatoms. The fraction of sp³-hybridized carbons (Fsp3) is 0.926. The quantitative estimate of drug-likeness (QED) is 0.0435. The highest BCUT2D eigenvalue weighted by Crippen LogP contribution is 2.48. The summed E-state index contributed by atoms with van der Waals surface area (Å²) >= 11 is 0. The van der Waals surface area contributed by atoms with Crippen LogP contribution < -0.4 is 0 Å². The van der Waals surface area contributed by atoms with Crippen molar-refractivity contribution < 1.29 is 76.9 Å². The van der Waals surface area contributed by atoms with Gasteiger partial charge < -0.3 is 44.6 Å². The summed E-state index contributed by atoms with van der Waals surface area (Å²) in [6.07, 6.45) is -3.35. The summed E-state index contributed by atoms with van der Waals surface area (Å²) in [5.74, 6) is -1.21. The lowest BCUT2D eigenvalue weighted by molar-refractivity contribution is -0.216. The van der Waals surface area contributed by atoms with Gasteiger partial charge in [0.2, 0.25) is 0 Å². The van der Waals surface area contributed by atoms with E-state index in [0.29, 0.717) is 12.8 Å². The molecule has 1 aliphatic rings. The van der Waals surface area contributed by atoms with Crippen LogP contribution >= 0.6 is 15.6 Å². The highest BCUT2D eigenvalue weighted by molar-refractivity contribution is 7.47. The monoisotopic (exact) mass is 694 g/mol. The number of hydrogen-bond acceptors (Lipinski definition) is 13. The average Bonchev–Trinajstić information content (AvgIpc) is 2.97. The van der Waals surface area contributed by atoms with E-state index in [-0.39, 0.29) is 12.8 Å². The van der Waals surface area contributed by atoms with Crippen molar-refractivity contribution in [3.05, 3.63) is 0 Å². The van der Waals surface area contributed by atoms with Gasteiger partial charge in [-0.05, 0) is 12.8 Å². The molecule has 16 nitrogen and oxygen atoms in total. The summed E-state index contributed by atoms with van der Waals surface area (Å²) in [7, 11) is -10.5. The van der Waals surface area contributed by atoms with Gasteiger partial charge in [0.25, 0.3) is 0 Å². The van der Waals surface area contributed by atoms with E-state index in [9.17, 15) is 44.0 Å². The summed E-state index contributed by atoms with van der Waals surface area (Å²) in [5.41, 5.74) is 0. The first-order chi connectivity index (χ1) is 21.1. The zero-order valence-corrected chi connectivity index (χ0v) is 27.8. The Labute approximate surface area is 264 Å². The standard InChI is InChI=1S/C27H52O16P2/c1-3-5-7-9-11-13-15-20(28)39-17-19(41-21(29)16-14-12-10-8-6-4-2)18-40-45(37,38)43-27-24(32)22(30)26(23(31)25(27)33)42-44(34,35)36/h19,22-27,30-33H,3-18H2,1-2H3,(H,37,38)(H2,34,35,36)/t19-,22-,23+,24+,25-,26?,27?/m0/s1. The van der Waals surface area contributed by atoms with E-state index < -0.39 is 83.5 Å². The van der Waals surface area contributed by atoms with Crippen molar-refractivity contribution in [2.24, 2.45) is 0 Å². The number of unbranched alkanes of at least 4 members (excludes halogenated alkanes) is 10. The van der Waals surface area contributed by atoms with Gasteiger partial charge >= 0.3 is 27.6 Å². The normalized spacial score (nSPS) is 25.8. The maximum Gasteiger partial charge on any atom is 0.472 e. The van der Waals surface area contributed by atoms with E-state index in [1.807, 2.05) is 0 Å². The number of phosphoric ester groups is 2. The van der Waals surface area contributed by atoms with Crippen LogP contribution in [-0.4, -0.2) is 103 Å². The molecule has 45 heavy (non-hydrogen) atoms. The molecule has 1 aliphatic carbocycles. The Morgan fingerprint density at radius 2 is 1.04 bits per heavy atom. The molecule has 0 bridgehead atoms. The number of carbonyl (C=O) groups excluding carboxylic acids is 2. The zero-order valence-electron chi connectivity index (χ0n) is 26.1. The zero-order chi connectivity index (χ0) is 34.0. The van der Waals surface area contributed by atoms with E-state index in [0.717, 1.165) is 64.2 Å². The van der Waals surface area contributed by atoms with Gasteiger partial charge in [0.15, 0.2) is 6.10 Å². The number of phosphoric acid groups is 2. The summed E-state index contributed by atoms with van der Waals surface area (Å²) in [5, 5.41) is 40.9. The number of hydrogen-bond donors (Lipinski definition) is 7. The smallest absolute Gasteiger partial charge is 0.462 e. The van der Waals surface area contributed by atoms with Gasteiger partial charge in [-0.25, -0.2) is 9.13 Å². The topological polar surface area (TPSA) is 256 Å². The Morgan fingerprint density at radius 1 is 0.622 bits per heavy atom. The van der Waals surface area contributed by atoms with Gasteiger partial charge in [-0.1, -0.05) is 78.1 Å². The highest BCUT2D eigenvalue weighted by Gasteiger charge is 2.54. The van der Waals surface area contributed by atoms with Crippen LogP contribution in [0.2, 0.25) is 0 Å². The Bertz CT molecular complexity index is 930. The Hall–Kier alpha value is -1.00. The molecule has 1 saturated carbocycles. The minimum atomic E-state index is -5.29. The highest BCUT2D eigenvalue weighted by atomic mass is 31.2. The van der Waals surface area contributed by atoms with Crippen LogP contribution in [0, 0.1) is 0 Å². The van der Waals surface area contributed by atoms with E-state index in [4.69, 9.17) is 28.3 Å². The first-order valence-electron chi connectivity index (χ1n) is 15.6. The Kier molecular flexibility index (Phi) is 20.3. The van der Waals surface area contributed by atoms with Gasteiger partial charge in [-0.3, -0.25) is 23.2 Å². The van der Waals surface area contributed by atoms with Crippen LogP contribution in [0.5, 0.6) is 0 Å². The van der Waals surface area contributed by atoms with Gasteiger partial charge in [0.1, 0.15) is 43.2 Å². The summed E-state index contributed by atoms with van der Waals surface area (Å²) in [6, 6.07) is 0. The van der Waals surface area contributed by atoms with Crippen LogP contribution in [0.25, 0.3) is 0 Å². The van der Waals surface area contributed by atoms with Crippen LogP contribution in [0.3, 0.4) is 0 Å². The molecule has 1 fully saturated rings. The van der Waals surface area contributed by atoms with Crippen LogP contribution in [0.4, 0.5) is 0 Å². The lowest BCUT2D eigenvalue weighted by Gasteiger charge is -2.43. The number of esters is 2. The lowest BCUT2D eigenvalue weighted by Crippen LogP contribution is -2.64. The Morgan fingerprint density at radius 3 is 1.51 bits per heavy atom. The van der Waals surface area contributed by atoms with Crippen molar-refractivity contribution in [2.45, 2.75) is 146 Å². The number of carbonyl (C=O) groups is 2. The molecular weight excluding hydrogens is 642 g/mol. The average molecular weight is 695 g/mol. The molecule has 8 atom stereocenters. The van der Waals surface area contributed by atoms with E-state index >= 15 is 0 Å². The molecule has 1 rings (SSSR count). The predicted molar refractivity (Wildman–Crippen MR) is 158 cm³/mol. The first-order valence-corrected chi connectivity index (χ1v) is 18.6. The minimum absolute atomic E-state index is 0.0513. The Balaban J connectivity index is 2.78. The maximum absolute atomic E-state index is 12.7. The van der Waals surface area contributed by atoms with E-state index in [1.54, 1.807) is 0 Å². The van der Waals surface area contributed by atoms with Crippen molar-refractivity contribution in [3.8, 4) is 0 Å². The molecule has 0 heterocycles. The maximum atomic E-state index is 12.7. The molecule has 0 radical (unpaired) electrons. The molecule has 3 unspecified atom stereocenters. The molecule has 7 N–H and O–H groups in total. The molecule has 0 aliphatic heterocycles. The number of aliphatic hydroxyl groups excluding tert-OH is 4. The molecule has 0 aromatic heterocycles. The second-order valence-corrected chi connectivity index (χ2v) is 13.8. The van der Waals surface area contributed by atoms with Gasteiger partial charge in [0.05, 0.1) is 6.61 Å². The second-order valence-electron chi connectivity index (χ2n) is 11.2. The molecule has 0 aromatic rings. The van der Waals surface area contributed by atoms with Crippen LogP contribution in [0.1, 0.15) is 104 Å². The molecule has 266 valence electrons. The second kappa shape index (κ2) is 21.8. The van der Waals surface area contributed by atoms with Crippen LogP contribution in [0.15, 0.2) is 0 Å². The van der Waals surface area contributed by atoms with Crippen molar-refractivity contribution in [1.29, 1.82) is 0 Å². The summed E-state index contributed by atoms with van der Waals surface area (Å²) in [4.78, 5) is 52.9. The first kappa shape index (κ1) is 42.0. The van der Waals surface area contributed by atoms with Crippen LogP contribution in [-0.2, 0) is 41.8 Å². The van der Waals surface area contributed by atoms with Crippen molar-refractivity contribution >= 4 is 27.6 Å². The molecule has 0 amide bonds. The van der Waals surface area contributed by atoms with Gasteiger partial charge in [0, 0.05) is 12.8 Å². The number of rotatable bonds is 24. The summed E-state index contributed by atoms with van der Waals surface area (Å²) in [6.45, 7) is 2.88. The van der Waals surface area contributed by atoms with Gasteiger partial charge in [-0.2, -0.15) is 0 Å². The third-order valence-corrected chi connectivity index (χ3v) is 8.68. The third kappa shape index (κ3) is 17.6. The molecule has 0 aromatic carbocycles. The van der Waals surface area contributed by atoms with Crippen molar-refractivity contribution in [1.82, 2.24) is 0 Å². The fourth-order valence-corrected chi connectivity index (χ4v) is 6.21. The number of ether oxygens (including phenoxy) is 2. The van der Waals surface area contributed by atoms with Gasteiger partial charge in [-0.15, -0.1) is 0 Å². The lowest BCUT2D eigenvalue weighted by atomic mass is 9.85. The molecular formula is C27H52O16P2. The molecule has 0 spiro atoms. The van der Waals surface area contributed by atoms with E-state index in [1.165, 1.54) is 0 Å². The van der Waals surface area contributed by atoms with Crippen molar-refractivity contribution in [2.75, 3.05) is 13.2 Å². The number of aliphatic hydroxyl groups is 4. The van der Waals surface area contributed by atoms with E-state index in [2.05, 4.69) is 18.4 Å². The third-order valence-electron chi connectivity index (χ3n) is 7.18. The predicted octanol–water partition coefficient (Wildman–Crippen LogP) is 2.38. The fourth-order valence-electron chi connectivity index (χ4n) is 4.67. The molecule has 0 saturated heterocycles. The SMILES string of the molecule is CCCCCCCCC(=O)OC[C@@H](COP(=O)(O)OC1[C@@H](O)[C@@H](O)C(OP(=O)(O)O)[C@@H](O)[C@H]1O)OC(=O)CCCCCCCC.